The summed E-state index contributed by atoms with van der Waals surface area (Å²) in [5.41, 5.74) is -1.58. The molecule has 2 aliphatic rings. The number of nitrogens with zero attached hydrogens (tertiary/aromatic N) is 1. The summed E-state index contributed by atoms with van der Waals surface area (Å²) in [6.07, 6.45) is -2.24. The Labute approximate surface area is 145 Å². The molecule has 1 heterocycles. The number of nitrogens with one attached hydrogen (secondary N) is 1. The lowest BCUT2D eigenvalue weighted by molar-refractivity contribution is -0.141. The minimum absolute atomic E-state index is 0.0587. The van der Waals surface area contributed by atoms with Crippen molar-refractivity contribution in [1.29, 1.82) is 0 Å². The second-order valence-corrected chi connectivity index (χ2v) is 7.13. The van der Waals surface area contributed by atoms with Crippen molar-refractivity contribution in [3.05, 3.63) is 29.6 Å². The van der Waals surface area contributed by atoms with Gasteiger partial charge in [-0.2, -0.15) is 13.2 Å². The highest BCUT2D eigenvalue weighted by atomic mass is 32.2. The maximum absolute atomic E-state index is 13.3. The van der Waals surface area contributed by atoms with E-state index in [2.05, 4.69) is 5.32 Å². The summed E-state index contributed by atoms with van der Waals surface area (Å²) in [6.45, 7) is 0. The summed E-state index contributed by atoms with van der Waals surface area (Å²) in [5, 5.41) is 2.37. The number of alkyl halides is 3. The zero-order valence-electron chi connectivity index (χ0n) is 13.1. The largest absolute Gasteiger partial charge is 0.419 e. The molecule has 2 amide bonds. The Kier molecular flexibility index (Phi) is 4.95. The third kappa shape index (κ3) is 3.75. The van der Waals surface area contributed by atoms with Crippen molar-refractivity contribution in [2.45, 2.75) is 31.5 Å². The van der Waals surface area contributed by atoms with Crippen LogP contribution in [0.2, 0.25) is 0 Å². The lowest BCUT2D eigenvalue weighted by Crippen LogP contribution is -2.47. The van der Waals surface area contributed by atoms with Crippen molar-refractivity contribution >= 4 is 29.3 Å². The van der Waals surface area contributed by atoms with Gasteiger partial charge in [0.1, 0.15) is 11.9 Å². The number of hydrogen-bond acceptors (Lipinski definition) is 3. The van der Waals surface area contributed by atoms with E-state index in [1.807, 2.05) is 0 Å². The number of carbonyl (C=O) groups excluding carboxylic acids is 2. The molecule has 1 saturated carbocycles. The number of benzene rings is 1. The molecule has 1 aliphatic carbocycles. The van der Waals surface area contributed by atoms with Gasteiger partial charge in [0.15, 0.2) is 0 Å². The van der Waals surface area contributed by atoms with Gasteiger partial charge in [-0.15, -0.1) is 11.8 Å². The summed E-state index contributed by atoms with van der Waals surface area (Å²) >= 11 is 1.42. The zero-order valence-corrected chi connectivity index (χ0v) is 13.9. The summed E-state index contributed by atoms with van der Waals surface area (Å²) < 4.78 is 51.6. The van der Waals surface area contributed by atoms with Gasteiger partial charge in [-0.1, -0.05) is 6.42 Å². The first-order chi connectivity index (χ1) is 11.8. The van der Waals surface area contributed by atoms with Crippen LogP contribution in [0.25, 0.3) is 0 Å². The maximum atomic E-state index is 13.3. The second-order valence-electron chi connectivity index (χ2n) is 6.13. The lowest BCUT2D eigenvalue weighted by Gasteiger charge is -2.31. The van der Waals surface area contributed by atoms with Crippen LogP contribution in [-0.2, 0) is 15.8 Å². The number of carbonyl (C=O) groups is 2. The quantitative estimate of drug-likeness (QED) is 0.822. The molecule has 0 radical (unpaired) electrons. The van der Waals surface area contributed by atoms with Gasteiger partial charge in [-0.25, -0.2) is 4.39 Å². The van der Waals surface area contributed by atoms with Crippen LogP contribution in [0.4, 0.5) is 23.2 Å². The van der Waals surface area contributed by atoms with Crippen LogP contribution in [-0.4, -0.2) is 34.4 Å². The topological polar surface area (TPSA) is 49.4 Å². The second kappa shape index (κ2) is 6.86. The molecule has 2 fully saturated rings. The van der Waals surface area contributed by atoms with E-state index in [1.165, 1.54) is 16.7 Å². The van der Waals surface area contributed by atoms with Crippen molar-refractivity contribution in [1.82, 2.24) is 4.90 Å². The fourth-order valence-corrected chi connectivity index (χ4v) is 3.98. The Morgan fingerprint density at radius 1 is 1.24 bits per heavy atom. The van der Waals surface area contributed by atoms with Gasteiger partial charge in [0, 0.05) is 17.4 Å². The number of amides is 2. The Balaban J connectivity index is 1.72. The van der Waals surface area contributed by atoms with Crippen LogP contribution in [0, 0.1) is 11.7 Å². The maximum Gasteiger partial charge on any atom is 0.419 e. The smallest absolute Gasteiger partial charge is 0.324 e. The van der Waals surface area contributed by atoms with Gasteiger partial charge in [-0.3, -0.25) is 9.59 Å². The van der Waals surface area contributed by atoms with Gasteiger partial charge in [0.25, 0.3) is 0 Å². The molecule has 0 spiro atoms. The van der Waals surface area contributed by atoms with Crippen molar-refractivity contribution in [3.8, 4) is 0 Å². The molecule has 25 heavy (non-hydrogen) atoms. The van der Waals surface area contributed by atoms with Gasteiger partial charge in [-0.05, 0) is 31.0 Å². The van der Waals surface area contributed by atoms with E-state index < -0.39 is 29.5 Å². The highest BCUT2D eigenvalue weighted by molar-refractivity contribution is 7.99. The van der Waals surface area contributed by atoms with Crippen molar-refractivity contribution in [3.63, 3.8) is 0 Å². The normalized spacial score (nSPS) is 21.1. The van der Waals surface area contributed by atoms with E-state index in [1.54, 1.807) is 0 Å². The molecule has 1 N–H and O–H groups in total. The Morgan fingerprint density at radius 2 is 1.96 bits per heavy atom. The molecular weight excluding hydrogens is 360 g/mol. The fourth-order valence-electron chi connectivity index (χ4n) is 2.81. The lowest BCUT2D eigenvalue weighted by atomic mass is 9.84. The molecule has 136 valence electrons. The highest BCUT2D eigenvalue weighted by Crippen LogP contribution is 2.34. The Morgan fingerprint density at radius 3 is 2.56 bits per heavy atom. The molecule has 1 saturated heterocycles. The molecule has 1 atom stereocenters. The highest BCUT2D eigenvalue weighted by Gasteiger charge is 2.39. The van der Waals surface area contributed by atoms with Gasteiger partial charge in [0.05, 0.1) is 11.4 Å². The van der Waals surface area contributed by atoms with Crippen LogP contribution in [0.1, 0.15) is 24.8 Å². The molecule has 4 nitrogen and oxygen atoms in total. The van der Waals surface area contributed by atoms with Crippen LogP contribution < -0.4 is 5.32 Å². The average Bonchev–Trinajstić information content (AvgIpc) is 2.95. The molecule has 1 unspecified atom stereocenters. The summed E-state index contributed by atoms with van der Waals surface area (Å²) in [6, 6.07) is 1.58. The van der Waals surface area contributed by atoms with Gasteiger partial charge < -0.3 is 10.2 Å². The Hall–Kier alpha value is -1.77. The molecular formula is C16H16F4N2O2S. The SMILES string of the molecule is O=C(Nc1ccc(F)c(C(F)(F)F)c1)C1CSCN1C(=O)C1CCC1. The van der Waals surface area contributed by atoms with Crippen molar-refractivity contribution in [2.24, 2.45) is 5.92 Å². The third-order valence-electron chi connectivity index (χ3n) is 4.46. The van der Waals surface area contributed by atoms with E-state index in [-0.39, 0.29) is 17.5 Å². The number of halogens is 4. The fraction of sp³-hybridized carbons (Fsp3) is 0.500. The van der Waals surface area contributed by atoms with Crippen LogP contribution in [0.3, 0.4) is 0 Å². The molecule has 0 bridgehead atoms. The molecule has 1 aromatic carbocycles. The number of rotatable bonds is 3. The summed E-state index contributed by atoms with van der Waals surface area (Å²) in [5.74, 6) is -1.31. The standard InChI is InChI=1S/C16H16F4N2O2S/c17-12-5-4-10(6-11(12)16(18,19)20)21-14(23)13-7-25-8-22(13)15(24)9-2-1-3-9/h4-6,9,13H,1-3,7-8H2,(H,21,23). The summed E-state index contributed by atoms with van der Waals surface area (Å²) in [4.78, 5) is 26.3. The van der Waals surface area contributed by atoms with E-state index in [0.717, 1.165) is 25.3 Å². The molecule has 1 aliphatic heterocycles. The third-order valence-corrected chi connectivity index (χ3v) is 5.47. The van der Waals surface area contributed by atoms with Crippen molar-refractivity contribution in [2.75, 3.05) is 16.9 Å². The van der Waals surface area contributed by atoms with Gasteiger partial charge >= 0.3 is 6.18 Å². The number of anilines is 1. The Bertz CT molecular complexity index is 691. The number of thioether (sulfide) groups is 1. The average molecular weight is 376 g/mol. The monoisotopic (exact) mass is 376 g/mol. The first kappa shape index (κ1) is 18.0. The molecule has 3 rings (SSSR count). The van der Waals surface area contributed by atoms with Gasteiger partial charge in [0.2, 0.25) is 11.8 Å². The van der Waals surface area contributed by atoms with E-state index in [0.29, 0.717) is 23.8 Å². The van der Waals surface area contributed by atoms with Crippen molar-refractivity contribution < 1.29 is 27.2 Å². The van der Waals surface area contributed by atoms with E-state index in [4.69, 9.17) is 0 Å². The molecule has 1 aromatic rings. The minimum Gasteiger partial charge on any atom is -0.324 e. The molecule has 0 aromatic heterocycles. The minimum atomic E-state index is -4.85. The van der Waals surface area contributed by atoms with E-state index in [9.17, 15) is 27.2 Å². The predicted octanol–water partition coefficient (Wildman–Crippen LogP) is 3.48. The predicted molar refractivity (Wildman–Crippen MR) is 85.3 cm³/mol. The first-order valence-electron chi connectivity index (χ1n) is 7.83. The zero-order chi connectivity index (χ0) is 18.2. The van der Waals surface area contributed by atoms with Crippen LogP contribution in [0.5, 0.6) is 0 Å². The molecule has 9 heteroatoms. The summed E-state index contributed by atoms with van der Waals surface area (Å²) in [7, 11) is 0. The van der Waals surface area contributed by atoms with E-state index >= 15 is 0 Å². The number of hydrogen-bond donors (Lipinski definition) is 1. The first-order valence-corrected chi connectivity index (χ1v) is 8.98. The van der Waals surface area contributed by atoms with Crippen LogP contribution in [0.15, 0.2) is 18.2 Å². The van der Waals surface area contributed by atoms with Crippen LogP contribution >= 0.6 is 11.8 Å².